The fraction of sp³-hybridized carbons (Fsp3) is 0.133. The normalized spacial score (nSPS) is 12.2. The van der Waals surface area contributed by atoms with Crippen LogP contribution >= 0.6 is 0 Å². The highest BCUT2D eigenvalue weighted by atomic mass is 79.9. The summed E-state index contributed by atoms with van der Waals surface area (Å²) in [5, 5.41) is 0. The van der Waals surface area contributed by atoms with Gasteiger partial charge in [0.2, 0.25) is 0 Å². The molecule has 0 fully saturated rings. The van der Waals surface area contributed by atoms with Gasteiger partial charge in [-0.05, 0) is 36.1 Å². The van der Waals surface area contributed by atoms with Gasteiger partial charge in [-0.1, -0.05) is 36.4 Å². The average Bonchev–Trinajstić information content (AvgIpc) is 2.55. The van der Waals surface area contributed by atoms with Crippen LogP contribution in [-0.2, 0) is 12.8 Å². The summed E-state index contributed by atoms with van der Waals surface area (Å²) in [5.41, 5.74) is 7.91. The number of anilines is 2. The van der Waals surface area contributed by atoms with Gasteiger partial charge < -0.3 is 22.5 Å². The number of nitrogens with zero attached hydrogens (tertiary/aromatic N) is 1. The van der Waals surface area contributed by atoms with Crippen LogP contribution in [0, 0.1) is 0 Å². The predicted molar refractivity (Wildman–Crippen MR) is 74.3 cm³/mol. The van der Waals surface area contributed by atoms with Crippen LogP contribution in [-0.4, -0.2) is 11.5 Å². The molecule has 1 aliphatic heterocycles. The molecule has 3 rings (SSSR count). The summed E-state index contributed by atoms with van der Waals surface area (Å²) < 4.78 is 0. The van der Waals surface area contributed by atoms with Crippen molar-refractivity contribution in [1.82, 2.24) is 0 Å². The van der Waals surface area contributed by atoms with Crippen molar-refractivity contribution in [1.29, 1.82) is 0 Å². The van der Waals surface area contributed by atoms with E-state index in [9.17, 15) is 4.79 Å². The zero-order valence-corrected chi connectivity index (χ0v) is 12.6. The van der Waals surface area contributed by atoms with E-state index >= 15 is 0 Å². The third kappa shape index (κ3) is 2.75. The smallest absolute Gasteiger partial charge is 0.423 e. The van der Waals surface area contributed by atoms with Gasteiger partial charge in [0.1, 0.15) is 0 Å². The minimum absolute atomic E-state index is 0. The molecule has 0 unspecified atom stereocenters. The minimum atomic E-state index is -0.184. The molecule has 0 aromatic heterocycles. The van der Waals surface area contributed by atoms with Gasteiger partial charge in [-0.2, -0.15) is 0 Å². The third-order valence-corrected chi connectivity index (χ3v) is 3.38. The molecule has 1 aliphatic rings. The molecule has 0 saturated heterocycles. The first-order valence-corrected chi connectivity index (χ1v) is 6.09. The molecule has 0 atom stereocenters. The predicted octanol–water partition coefficient (Wildman–Crippen LogP) is -1.54. The highest BCUT2D eigenvalue weighted by molar-refractivity contribution is 5.95. The number of hydrogen-bond acceptors (Lipinski definition) is 1. The van der Waals surface area contributed by atoms with E-state index in [1.54, 1.807) is 4.90 Å². The molecule has 0 aliphatic carbocycles. The molecule has 2 aromatic carbocycles. The molecule has 106 valence electrons. The number of amides is 2. The number of fused-ring (bicyclic) bond motifs is 2. The van der Waals surface area contributed by atoms with Crippen molar-refractivity contribution in [2.75, 3.05) is 4.90 Å². The number of urea groups is 1. The Morgan fingerprint density at radius 3 is 1.70 bits per heavy atom. The quantitative estimate of drug-likeness (QED) is 0.622. The average molecular weight is 337 g/mol. The number of para-hydroxylation sites is 2. The van der Waals surface area contributed by atoms with Crippen molar-refractivity contribution < 1.29 is 33.0 Å². The molecule has 2 amide bonds. The number of carbonyl (C=O) groups excluding carboxylic acids is 1. The maximum absolute atomic E-state index is 11.9. The number of quaternary nitrogens is 1. The standard InChI is InChI=1S/C15H14N2O.BrH.H2O/c16-15(18)17-13-7-3-1-5-11(13)9-10-12-6-2-4-8-14(12)17;;/h1-8H,9-10H2,(H2,16,18);1H;1H2. The first-order chi connectivity index (χ1) is 8.77. The van der Waals surface area contributed by atoms with Crippen LogP contribution in [0.1, 0.15) is 11.1 Å². The lowest BCUT2D eigenvalue weighted by Crippen LogP contribution is -3.00. The van der Waals surface area contributed by atoms with Crippen LogP contribution in [0.5, 0.6) is 0 Å². The van der Waals surface area contributed by atoms with E-state index in [1.807, 2.05) is 36.4 Å². The number of rotatable bonds is 0. The van der Waals surface area contributed by atoms with Gasteiger partial charge in [0.05, 0.1) is 11.4 Å². The first kappa shape index (κ1) is 16.4. The second-order valence-electron chi connectivity index (χ2n) is 4.49. The molecule has 1 heterocycles. The summed E-state index contributed by atoms with van der Waals surface area (Å²) >= 11 is 0. The van der Waals surface area contributed by atoms with E-state index in [-0.39, 0.29) is 28.5 Å². The Labute approximate surface area is 128 Å². The second kappa shape index (κ2) is 6.65. The molecule has 5 N–H and O–H groups in total. The Bertz CT molecular complexity index is 569. The highest BCUT2D eigenvalue weighted by Crippen LogP contribution is 2.35. The molecule has 2 aromatic rings. The summed E-state index contributed by atoms with van der Waals surface area (Å²) in [5.74, 6) is 0. The summed E-state index contributed by atoms with van der Waals surface area (Å²) in [6, 6.07) is 15.9. The maximum Gasteiger partial charge on any atom is 0.423 e. The van der Waals surface area contributed by atoms with E-state index in [1.165, 1.54) is 11.1 Å². The zero-order chi connectivity index (χ0) is 12.5. The fourth-order valence-electron chi connectivity index (χ4n) is 2.55. The Balaban J connectivity index is 0.000001000. The number of halogens is 1. The van der Waals surface area contributed by atoms with Crippen molar-refractivity contribution in [2.24, 2.45) is 0 Å². The summed E-state index contributed by atoms with van der Waals surface area (Å²) in [4.78, 5) is 13.6. The van der Waals surface area contributed by atoms with Crippen molar-refractivity contribution in [3.8, 4) is 0 Å². The number of hydrogen-bond donors (Lipinski definition) is 1. The summed E-state index contributed by atoms with van der Waals surface area (Å²) in [6.45, 7) is 0. The number of benzene rings is 2. The Kier molecular flexibility index (Phi) is 5.44. The number of aryl methyl sites for hydroxylation is 2. The molecule has 0 spiro atoms. The Morgan fingerprint density at radius 2 is 1.30 bits per heavy atom. The van der Waals surface area contributed by atoms with Gasteiger partial charge in [-0.3, -0.25) is 5.73 Å². The molecular weight excluding hydrogens is 320 g/mol. The van der Waals surface area contributed by atoms with E-state index in [0.29, 0.717) is 0 Å². The molecule has 0 bridgehead atoms. The zero-order valence-electron chi connectivity index (χ0n) is 11.0. The Morgan fingerprint density at radius 1 is 0.900 bits per heavy atom. The number of carbonyl (C=O) groups is 1. The lowest BCUT2D eigenvalue weighted by molar-refractivity contribution is -0.245. The van der Waals surface area contributed by atoms with Crippen LogP contribution in [0.15, 0.2) is 48.5 Å². The van der Waals surface area contributed by atoms with Gasteiger partial charge in [-0.25, -0.2) is 9.69 Å². The topological polar surface area (TPSA) is 79.5 Å². The van der Waals surface area contributed by atoms with Gasteiger partial charge in [0.15, 0.2) is 0 Å². The van der Waals surface area contributed by atoms with Crippen LogP contribution in [0.2, 0.25) is 0 Å². The van der Waals surface area contributed by atoms with E-state index in [0.717, 1.165) is 24.2 Å². The molecule has 5 heteroatoms. The molecular formula is C15H17BrN2O2. The van der Waals surface area contributed by atoms with Crippen LogP contribution in [0.4, 0.5) is 16.2 Å². The van der Waals surface area contributed by atoms with Crippen molar-refractivity contribution in [3.05, 3.63) is 59.7 Å². The van der Waals surface area contributed by atoms with Crippen molar-refractivity contribution in [2.45, 2.75) is 12.8 Å². The van der Waals surface area contributed by atoms with Crippen LogP contribution in [0.25, 0.3) is 0 Å². The minimum Gasteiger partial charge on any atom is -1.00 e. The third-order valence-electron chi connectivity index (χ3n) is 3.38. The van der Waals surface area contributed by atoms with Gasteiger partial charge in [0.25, 0.3) is 0 Å². The summed E-state index contributed by atoms with van der Waals surface area (Å²) in [7, 11) is 0. The van der Waals surface area contributed by atoms with Gasteiger partial charge >= 0.3 is 6.03 Å². The molecule has 0 saturated carbocycles. The maximum atomic E-state index is 11.9. The lowest BCUT2D eigenvalue weighted by atomic mass is 10.0. The SMILES string of the molecule is O.[Br-].[NH3+]C(=O)N1c2ccccc2CCc2ccccc21. The summed E-state index contributed by atoms with van der Waals surface area (Å²) in [6.07, 6.45) is 1.91. The fourth-order valence-corrected chi connectivity index (χ4v) is 2.55. The lowest BCUT2D eigenvalue weighted by Gasteiger charge is -2.20. The monoisotopic (exact) mass is 336 g/mol. The van der Waals surface area contributed by atoms with E-state index in [2.05, 4.69) is 17.9 Å². The van der Waals surface area contributed by atoms with Crippen molar-refractivity contribution >= 4 is 17.4 Å². The molecule has 0 radical (unpaired) electrons. The van der Waals surface area contributed by atoms with E-state index < -0.39 is 0 Å². The van der Waals surface area contributed by atoms with E-state index in [4.69, 9.17) is 0 Å². The van der Waals surface area contributed by atoms with Gasteiger partial charge in [-0.15, -0.1) is 0 Å². The first-order valence-electron chi connectivity index (χ1n) is 6.09. The second-order valence-corrected chi connectivity index (χ2v) is 4.49. The van der Waals surface area contributed by atoms with Gasteiger partial charge in [0, 0.05) is 0 Å². The Hall–Kier alpha value is -1.69. The van der Waals surface area contributed by atoms with Crippen LogP contribution in [0.3, 0.4) is 0 Å². The molecule has 4 nitrogen and oxygen atoms in total. The largest absolute Gasteiger partial charge is 1.00 e. The van der Waals surface area contributed by atoms with Crippen LogP contribution < -0.4 is 27.6 Å². The van der Waals surface area contributed by atoms with Crippen molar-refractivity contribution in [3.63, 3.8) is 0 Å². The molecule has 20 heavy (non-hydrogen) atoms. The highest BCUT2D eigenvalue weighted by Gasteiger charge is 2.25.